The van der Waals surface area contributed by atoms with E-state index in [1.54, 1.807) is 4.90 Å². The van der Waals surface area contributed by atoms with E-state index < -0.39 is 6.04 Å². The Hall–Kier alpha value is -3.19. The summed E-state index contributed by atoms with van der Waals surface area (Å²) in [6, 6.07) is 15.0. The highest BCUT2D eigenvalue weighted by Crippen LogP contribution is 2.28. The quantitative estimate of drug-likeness (QED) is 0.716. The Balaban J connectivity index is 1.38. The van der Waals surface area contributed by atoms with Gasteiger partial charge in [0, 0.05) is 44.8 Å². The lowest BCUT2D eigenvalue weighted by atomic mass is 9.99. The number of carbonyl (C=O) groups is 3. The molecule has 34 heavy (non-hydrogen) atoms. The predicted molar refractivity (Wildman–Crippen MR) is 132 cm³/mol. The Morgan fingerprint density at radius 3 is 2.21 bits per heavy atom. The Morgan fingerprint density at radius 1 is 0.882 bits per heavy atom. The summed E-state index contributed by atoms with van der Waals surface area (Å²) in [5.41, 5.74) is 3.82. The van der Waals surface area contributed by atoms with Gasteiger partial charge in [-0.1, -0.05) is 48.5 Å². The SMILES string of the molecule is Cc1cccc(C)c1NC(=O)CN1CCN(C(=O)C(c2ccccc2)N2CCCCC2=O)CC1. The van der Waals surface area contributed by atoms with Crippen molar-refractivity contribution in [2.45, 2.75) is 39.2 Å². The number of piperazine rings is 1. The maximum absolute atomic E-state index is 13.6. The van der Waals surface area contributed by atoms with Crippen molar-refractivity contribution in [1.29, 1.82) is 0 Å². The summed E-state index contributed by atoms with van der Waals surface area (Å²) in [5, 5.41) is 3.04. The number of likely N-dealkylation sites (tertiary alicyclic amines) is 1. The number of para-hydroxylation sites is 1. The molecule has 7 heteroatoms. The molecule has 7 nitrogen and oxygen atoms in total. The van der Waals surface area contributed by atoms with Crippen LogP contribution in [0.15, 0.2) is 48.5 Å². The number of benzene rings is 2. The normalized spacial score (nSPS) is 18.0. The first-order chi connectivity index (χ1) is 16.4. The van der Waals surface area contributed by atoms with Gasteiger partial charge in [0.2, 0.25) is 17.7 Å². The maximum atomic E-state index is 13.6. The molecule has 0 spiro atoms. The molecule has 2 heterocycles. The first-order valence-electron chi connectivity index (χ1n) is 12.2. The van der Waals surface area contributed by atoms with Crippen molar-refractivity contribution in [3.63, 3.8) is 0 Å². The van der Waals surface area contributed by atoms with Crippen LogP contribution in [-0.2, 0) is 14.4 Å². The van der Waals surface area contributed by atoms with Crippen LogP contribution in [0.25, 0.3) is 0 Å². The molecule has 2 saturated heterocycles. The average Bonchev–Trinajstić information content (AvgIpc) is 2.84. The van der Waals surface area contributed by atoms with Gasteiger partial charge >= 0.3 is 0 Å². The van der Waals surface area contributed by atoms with Crippen LogP contribution in [0, 0.1) is 13.8 Å². The number of nitrogens with one attached hydrogen (secondary N) is 1. The van der Waals surface area contributed by atoms with Crippen molar-refractivity contribution in [1.82, 2.24) is 14.7 Å². The zero-order chi connectivity index (χ0) is 24.1. The summed E-state index contributed by atoms with van der Waals surface area (Å²) in [6.07, 6.45) is 2.30. The van der Waals surface area contributed by atoms with E-state index in [1.807, 2.05) is 67.3 Å². The molecule has 2 aromatic carbocycles. The van der Waals surface area contributed by atoms with Gasteiger partial charge in [-0.2, -0.15) is 0 Å². The van der Waals surface area contributed by atoms with Gasteiger partial charge in [0.15, 0.2) is 0 Å². The van der Waals surface area contributed by atoms with Crippen LogP contribution >= 0.6 is 0 Å². The number of nitrogens with zero attached hydrogens (tertiary/aromatic N) is 3. The summed E-state index contributed by atoms with van der Waals surface area (Å²) < 4.78 is 0. The van der Waals surface area contributed by atoms with E-state index in [9.17, 15) is 14.4 Å². The second kappa shape index (κ2) is 10.8. The first kappa shape index (κ1) is 24.0. The molecule has 2 aliphatic rings. The summed E-state index contributed by atoms with van der Waals surface area (Å²) in [7, 11) is 0. The molecule has 0 aromatic heterocycles. The molecule has 4 rings (SSSR count). The molecule has 180 valence electrons. The number of piperidine rings is 1. The molecule has 0 saturated carbocycles. The summed E-state index contributed by atoms with van der Waals surface area (Å²) in [4.78, 5) is 44.6. The number of amides is 3. The van der Waals surface area contributed by atoms with Crippen LogP contribution in [-0.4, -0.2) is 71.7 Å². The van der Waals surface area contributed by atoms with Gasteiger partial charge in [-0.3, -0.25) is 19.3 Å². The molecular formula is C27H34N4O3. The molecule has 2 aromatic rings. The van der Waals surface area contributed by atoms with E-state index in [0.717, 1.165) is 35.2 Å². The van der Waals surface area contributed by atoms with E-state index >= 15 is 0 Å². The molecule has 1 N–H and O–H groups in total. The van der Waals surface area contributed by atoms with Crippen molar-refractivity contribution < 1.29 is 14.4 Å². The van der Waals surface area contributed by atoms with Crippen LogP contribution in [0.5, 0.6) is 0 Å². The van der Waals surface area contributed by atoms with Crippen molar-refractivity contribution in [2.24, 2.45) is 0 Å². The van der Waals surface area contributed by atoms with Crippen LogP contribution in [0.4, 0.5) is 5.69 Å². The lowest BCUT2D eigenvalue weighted by Gasteiger charge is -2.40. The zero-order valence-electron chi connectivity index (χ0n) is 20.1. The highest BCUT2D eigenvalue weighted by Gasteiger charge is 2.36. The lowest BCUT2D eigenvalue weighted by molar-refractivity contribution is -0.149. The van der Waals surface area contributed by atoms with Crippen molar-refractivity contribution in [3.8, 4) is 0 Å². The van der Waals surface area contributed by atoms with E-state index in [2.05, 4.69) is 10.2 Å². The van der Waals surface area contributed by atoms with Crippen LogP contribution in [0.3, 0.4) is 0 Å². The second-order valence-electron chi connectivity index (χ2n) is 9.27. The number of rotatable bonds is 6. The molecule has 2 fully saturated rings. The van der Waals surface area contributed by atoms with Crippen molar-refractivity contribution in [3.05, 3.63) is 65.2 Å². The van der Waals surface area contributed by atoms with Crippen molar-refractivity contribution >= 4 is 23.4 Å². The van der Waals surface area contributed by atoms with Gasteiger partial charge < -0.3 is 15.1 Å². The van der Waals surface area contributed by atoms with Crippen LogP contribution in [0.2, 0.25) is 0 Å². The van der Waals surface area contributed by atoms with Crippen molar-refractivity contribution in [2.75, 3.05) is 44.6 Å². The molecule has 1 unspecified atom stereocenters. The molecule has 1 atom stereocenters. The highest BCUT2D eigenvalue weighted by molar-refractivity contribution is 5.94. The number of hydrogen-bond donors (Lipinski definition) is 1. The van der Waals surface area contributed by atoms with Gasteiger partial charge in [0.05, 0.1) is 6.54 Å². The maximum Gasteiger partial charge on any atom is 0.250 e. The highest BCUT2D eigenvalue weighted by atomic mass is 16.2. The fraction of sp³-hybridized carbons (Fsp3) is 0.444. The number of hydrogen-bond acceptors (Lipinski definition) is 4. The molecule has 0 aliphatic carbocycles. The molecule has 0 bridgehead atoms. The minimum absolute atomic E-state index is 0.0268. The van der Waals surface area contributed by atoms with Crippen LogP contribution in [0.1, 0.15) is 42.0 Å². The number of anilines is 1. The Bertz CT molecular complexity index is 1010. The fourth-order valence-corrected chi connectivity index (χ4v) is 4.88. The summed E-state index contributed by atoms with van der Waals surface area (Å²) in [6.45, 7) is 7.22. The third-order valence-corrected chi connectivity index (χ3v) is 6.82. The lowest BCUT2D eigenvalue weighted by Crippen LogP contribution is -2.54. The third-order valence-electron chi connectivity index (χ3n) is 6.82. The number of carbonyl (C=O) groups excluding carboxylic acids is 3. The molecule has 2 aliphatic heterocycles. The van der Waals surface area contributed by atoms with Gasteiger partial charge in [-0.25, -0.2) is 0 Å². The van der Waals surface area contributed by atoms with E-state index in [-0.39, 0.29) is 17.7 Å². The summed E-state index contributed by atoms with van der Waals surface area (Å²) >= 11 is 0. The first-order valence-corrected chi connectivity index (χ1v) is 12.2. The predicted octanol–water partition coefficient (Wildman–Crippen LogP) is 3.14. The van der Waals surface area contributed by atoms with E-state index in [0.29, 0.717) is 45.7 Å². The average molecular weight is 463 g/mol. The van der Waals surface area contributed by atoms with E-state index in [1.165, 1.54) is 0 Å². The van der Waals surface area contributed by atoms with Gasteiger partial charge in [0.25, 0.3) is 0 Å². The third kappa shape index (κ3) is 5.47. The smallest absolute Gasteiger partial charge is 0.250 e. The largest absolute Gasteiger partial charge is 0.338 e. The Morgan fingerprint density at radius 2 is 1.56 bits per heavy atom. The van der Waals surface area contributed by atoms with Gasteiger partial charge in [-0.05, 0) is 43.4 Å². The number of aryl methyl sites for hydroxylation is 2. The topological polar surface area (TPSA) is 73.0 Å². The Labute approximate surface area is 201 Å². The second-order valence-corrected chi connectivity index (χ2v) is 9.27. The summed E-state index contributed by atoms with van der Waals surface area (Å²) in [5.74, 6) is -0.0189. The van der Waals surface area contributed by atoms with E-state index in [4.69, 9.17) is 0 Å². The van der Waals surface area contributed by atoms with Gasteiger partial charge in [-0.15, -0.1) is 0 Å². The molecule has 0 radical (unpaired) electrons. The minimum Gasteiger partial charge on any atom is -0.338 e. The monoisotopic (exact) mass is 462 g/mol. The molecular weight excluding hydrogens is 428 g/mol. The minimum atomic E-state index is -0.576. The zero-order valence-corrected chi connectivity index (χ0v) is 20.1. The Kier molecular flexibility index (Phi) is 7.63. The fourth-order valence-electron chi connectivity index (χ4n) is 4.88. The standard InChI is InChI=1S/C27H34N4O3/c1-20-9-8-10-21(2)25(20)28-23(32)19-29-15-17-30(18-16-29)27(34)26(22-11-4-3-5-12-22)31-14-7-6-13-24(31)33/h3-5,8-12,26H,6-7,13-19H2,1-2H3,(H,28,32). The molecule has 3 amide bonds. The van der Waals surface area contributed by atoms with Crippen LogP contribution < -0.4 is 5.32 Å². The van der Waals surface area contributed by atoms with Gasteiger partial charge in [0.1, 0.15) is 6.04 Å².